The van der Waals surface area contributed by atoms with Gasteiger partial charge in [0.25, 0.3) is 5.69 Å². The molecule has 2 rings (SSSR count). The molecule has 0 aliphatic rings. The number of nitrogens with one attached hydrogen (secondary N) is 1. The molecule has 0 spiro atoms. The molecule has 0 aliphatic heterocycles. The van der Waals surface area contributed by atoms with Crippen LogP contribution in [0.1, 0.15) is 6.42 Å². The summed E-state index contributed by atoms with van der Waals surface area (Å²) in [6.45, 7) is 0.137. The molecule has 0 fully saturated rings. The van der Waals surface area contributed by atoms with Crippen molar-refractivity contribution in [3.8, 4) is 5.75 Å². The summed E-state index contributed by atoms with van der Waals surface area (Å²) < 4.78 is 5.36. The van der Waals surface area contributed by atoms with E-state index in [2.05, 4.69) is 5.32 Å². The maximum Gasteiger partial charge on any atom is 0.269 e. The molecule has 6 nitrogen and oxygen atoms in total. The van der Waals surface area contributed by atoms with Crippen LogP contribution in [0.4, 0.5) is 11.4 Å². The number of benzene rings is 2. The Bertz CT molecular complexity index is 700. The predicted molar refractivity (Wildman–Crippen MR) is 88.3 cm³/mol. The van der Waals surface area contributed by atoms with E-state index in [9.17, 15) is 14.9 Å². The summed E-state index contributed by atoms with van der Waals surface area (Å²) in [6, 6.07) is 10.4. The van der Waals surface area contributed by atoms with E-state index in [1.165, 1.54) is 24.3 Å². The van der Waals surface area contributed by atoms with Gasteiger partial charge in [0, 0.05) is 27.9 Å². The van der Waals surface area contributed by atoms with E-state index in [1.807, 2.05) is 0 Å². The maximum atomic E-state index is 11.8. The number of rotatable bonds is 6. The van der Waals surface area contributed by atoms with Gasteiger partial charge in [-0.2, -0.15) is 0 Å². The molecule has 0 aromatic heterocycles. The van der Waals surface area contributed by atoms with Crippen molar-refractivity contribution in [1.29, 1.82) is 0 Å². The van der Waals surface area contributed by atoms with Crippen LogP contribution >= 0.6 is 23.2 Å². The third kappa shape index (κ3) is 5.43. The highest BCUT2D eigenvalue weighted by Crippen LogP contribution is 2.22. The van der Waals surface area contributed by atoms with Gasteiger partial charge in [0.05, 0.1) is 18.0 Å². The van der Waals surface area contributed by atoms with Gasteiger partial charge in [0.2, 0.25) is 5.91 Å². The number of halogens is 2. The second-order valence-corrected chi connectivity index (χ2v) is 5.43. The molecule has 0 saturated heterocycles. The molecule has 0 atom stereocenters. The Kier molecular flexibility index (Phi) is 5.78. The van der Waals surface area contributed by atoms with Crippen molar-refractivity contribution >= 4 is 40.5 Å². The number of hydrogen-bond acceptors (Lipinski definition) is 4. The van der Waals surface area contributed by atoms with E-state index in [0.717, 1.165) is 0 Å². The summed E-state index contributed by atoms with van der Waals surface area (Å²) >= 11 is 11.7. The van der Waals surface area contributed by atoms with Crippen molar-refractivity contribution in [1.82, 2.24) is 0 Å². The smallest absolute Gasteiger partial charge is 0.269 e. The number of hydrogen-bond donors (Lipinski definition) is 1. The Morgan fingerprint density at radius 1 is 1.13 bits per heavy atom. The van der Waals surface area contributed by atoms with Crippen molar-refractivity contribution in [3.05, 3.63) is 62.6 Å². The third-order valence-corrected chi connectivity index (χ3v) is 3.23. The van der Waals surface area contributed by atoms with Gasteiger partial charge in [0.1, 0.15) is 5.75 Å². The van der Waals surface area contributed by atoms with Crippen molar-refractivity contribution in [2.45, 2.75) is 6.42 Å². The van der Waals surface area contributed by atoms with E-state index in [4.69, 9.17) is 27.9 Å². The molecule has 0 unspecified atom stereocenters. The lowest BCUT2D eigenvalue weighted by Gasteiger charge is -2.08. The standard InChI is InChI=1S/C15H12Cl2N2O4/c16-10-7-11(17)9-12(8-10)18-15(20)5-6-23-14-3-1-13(2-4-14)19(21)22/h1-4,7-9H,5-6H2,(H,18,20). The Morgan fingerprint density at radius 2 is 1.74 bits per heavy atom. The van der Waals surface area contributed by atoms with Crippen LogP contribution in [0.3, 0.4) is 0 Å². The van der Waals surface area contributed by atoms with Crippen LogP contribution in [0.15, 0.2) is 42.5 Å². The average molecular weight is 355 g/mol. The molecular weight excluding hydrogens is 343 g/mol. The topological polar surface area (TPSA) is 81.5 Å². The Balaban J connectivity index is 1.81. The van der Waals surface area contributed by atoms with Gasteiger partial charge in [-0.1, -0.05) is 23.2 Å². The number of ether oxygens (including phenoxy) is 1. The minimum Gasteiger partial charge on any atom is -0.493 e. The van der Waals surface area contributed by atoms with Gasteiger partial charge >= 0.3 is 0 Å². The number of nitro groups is 1. The zero-order valence-electron chi connectivity index (χ0n) is 11.8. The molecule has 0 heterocycles. The van der Waals surface area contributed by atoms with E-state index < -0.39 is 4.92 Å². The minimum atomic E-state index is -0.493. The fourth-order valence-corrected chi connectivity index (χ4v) is 2.30. The van der Waals surface area contributed by atoms with E-state index >= 15 is 0 Å². The first kappa shape index (κ1) is 17.1. The van der Waals surface area contributed by atoms with Gasteiger partial charge in [-0.25, -0.2) is 0 Å². The SMILES string of the molecule is O=C(CCOc1ccc([N+](=O)[O-])cc1)Nc1cc(Cl)cc(Cl)c1. The summed E-state index contributed by atoms with van der Waals surface area (Å²) in [5.74, 6) is 0.194. The maximum absolute atomic E-state index is 11.8. The first-order chi connectivity index (χ1) is 10.9. The summed E-state index contributed by atoms with van der Waals surface area (Å²) in [4.78, 5) is 21.8. The molecule has 0 bridgehead atoms. The fourth-order valence-electron chi connectivity index (χ4n) is 1.78. The number of nitrogens with zero attached hydrogens (tertiary/aromatic N) is 1. The average Bonchev–Trinajstić information content (AvgIpc) is 2.46. The van der Waals surface area contributed by atoms with Crippen molar-refractivity contribution in [2.75, 3.05) is 11.9 Å². The molecule has 0 radical (unpaired) electrons. The summed E-state index contributed by atoms with van der Waals surface area (Å²) in [6.07, 6.45) is 0.112. The van der Waals surface area contributed by atoms with Crippen LogP contribution in [-0.4, -0.2) is 17.4 Å². The normalized spacial score (nSPS) is 10.2. The highest BCUT2D eigenvalue weighted by molar-refractivity contribution is 6.35. The van der Waals surface area contributed by atoms with Crippen LogP contribution in [0.2, 0.25) is 10.0 Å². The lowest BCUT2D eigenvalue weighted by Crippen LogP contribution is -2.15. The number of nitro benzene ring substituents is 1. The molecular formula is C15H12Cl2N2O4. The quantitative estimate of drug-likeness (QED) is 0.618. The first-order valence-electron chi connectivity index (χ1n) is 6.57. The van der Waals surface area contributed by atoms with E-state index in [1.54, 1.807) is 18.2 Å². The molecule has 1 amide bonds. The fraction of sp³-hybridized carbons (Fsp3) is 0.133. The number of amides is 1. The third-order valence-electron chi connectivity index (χ3n) is 2.79. The Labute approximate surface area is 142 Å². The van der Waals surface area contributed by atoms with Crippen molar-refractivity contribution in [3.63, 3.8) is 0 Å². The molecule has 0 saturated carbocycles. The zero-order chi connectivity index (χ0) is 16.8. The van der Waals surface area contributed by atoms with Gasteiger partial charge in [0.15, 0.2) is 0 Å². The lowest BCUT2D eigenvalue weighted by molar-refractivity contribution is -0.384. The Hall–Kier alpha value is -2.31. The molecule has 120 valence electrons. The first-order valence-corrected chi connectivity index (χ1v) is 7.33. The monoisotopic (exact) mass is 354 g/mol. The van der Waals surface area contributed by atoms with Crippen LogP contribution < -0.4 is 10.1 Å². The van der Waals surface area contributed by atoms with Crippen molar-refractivity contribution < 1.29 is 14.5 Å². The highest BCUT2D eigenvalue weighted by Gasteiger charge is 2.07. The van der Waals surface area contributed by atoms with Crippen LogP contribution in [0.5, 0.6) is 5.75 Å². The predicted octanol–water partition coefficient (Wildman–Crippen LogP) is 4.31. The van der Waals surface area contributed by atoms with E-state index in [0.29, 0.717) is 21.5 Å². The van der Waals surface area contributed by atoms with E-state index in [-0.39, 0.29) is 24.6 Å². The summed E-state index contributed by atoms with van der Waals surface area (Å²) in [5, 5.41) is 14.0. The summed E-state index contributed by atoms with van der Waals surface area (Å²) in [7, 11) is 0. The van der Waals surface area contributed by atoms with Crippen LogP contribution in [0.25, 0.3) is 0 Å². The number of carbonyl (C=O) groups is 1. The van der Waals surface area contributed by atoms with Gasteiger partial charge in [-0.15, -0.1) is 0 Å². The Morgan fingerprint density at radius 3 is 2.30 bits per heavy atom. The van der Waals surface area contributed by atoms with Gasteiger partial charge in [-0.3, -0.25) is 14.9 Å². The lowest BCUT2D eigenvalue weighted by atomic mass is 10.3. The summed E-state index contributed by atoms with van der Waals surface area (Å²) in [5.41, 5.74) is 0.482. The number of carbonyl (C=O) groups excluding carboxylic acids is 1. The van der Waals surface area contributed by atoms with Crippen LogP contribution in [0, 0.1) is 10.1 Å². The van der Waals surface area contributed by atoms with Crippen LogP contribution in [-0.2, 0) is 4.79 Å². The molecule has 2 aromatic carbocycles. The molecule has 1 N–H and O–H groups in total. The number of anilines is 1. The molecule has 0 aliphatic carbocycles. The number of non-ortho nitro benzene ring substituents is 1. The van der Waals surface area contributed by atoms with Gasteiger partial charge in [-0.05, 0) is 30.3 Å². The second-order valence-electron chi connectivity index (χ2n) is 4.56. The largest absolute Gasteiger partial charge is 0.493 e. The highest BCUT2D eigenvalue weighted by atomic mass is 35.5. The molecule has 23 heavy (non-hydrogen) atoms. The molecule has 8 heteroatoms. The van der Waals surface area contributed by atoms with Gasteiger partial charge < -0.3 is 10.1 Å². The molecule has 2 aromatic rings. The minimum absolute atomic E-state index is 0.0204. The second kappa shape index (κ2) is 7.80. The van der Waals surface area contributed by atoms with Crippen molar-refractivity contribution in [2.24, 2.45) is 0 Å². The zero-order valence-corrected chi connectivity index (χ0v) is 13.3.